The van der Waals surface area contributed by atoms with E-state index in [4.69, 9.17) is 16.7 Å². The zero-order valence-electron chi connectivity index (χ0n) is 10.7. The lowest BCUT2D eigenvalue weighted by molar-refractivity contribution is 0.0697. The van der Waals surface area contributed by atoms with E-state index >= 15 is 0 Å². The van der Waals surface area contributed by atoms with Gasteiger partial charge in [0.05, 0.1) is 22.3 Å². The number of anilines is 1. The predicted molar refractivity (Wildman–Crippen MR) is 74.5 cm³/mol. The minimum atomic E-state index is -0.992. The van der Waals surface area contributed by atoms with Gasteiger partial charge in [-0.3, -0.25) is 0 Å². The molecule has 1 aromatic rings. The zero-order chi connectivity index (χ0) is 14.3. The summed E-state index contributed by atoms with van der Waals surface area (Å²) in [5, 5.41) is 12.2. The molecular formula is C13H14ClN3O3. The van der Waals surface area contributed by atoms with E-state index in [0.29, 0.717) is 31.2 Å². The summed E-state index contributed by atoms with van der Waals surface area (Å²) in [4.78, 5) is 26.4. The van der Waals surface area contributed by atoms with Crippen molar-refractivity contribution >= 4 is 29.3 Å². The lowest BCUT2D eigenvalue weighted by Gasteiger charge is -2.38. The minimum Gasteiger partial charge on any atom is -0.478 e. The Labute approximate surface area is 120 Å². The SMILES string of the molecule is O=C(O)c1ccc(N2CCN3C(=O)NCC3C2)c(Cl)c1. The van der Waals surface area contributed by atoms with Gasteiger partial charge in [0.2, 0.25) is 0 Å². The molecule has 2 amide bonds. The number of aromatic carboxylic acids is 1. The second-order valence-electron chi connectivity index (χ2n) is 4.95. The van der Waals surface area contributed by atoms with Crippen molar-refractivity contribution in [1.82, 2.24) is 10.2 Å². The third-order valence-corrected chi connectivity index (χ3v) is 4.07. The molecule has 1 unspecified atom stereocenters. The number of urea groups is 1. The van der Waals surface area contributed by atoms with E-state index in [9.17, 15) is 9.59 Å². The van der Waals surface area contributed by atoms with E-state index < -0.39 is 5.97 Å². The fraction of sp³-hybridized carbons (Fsp3) is 0.385. The van der Waals surface area contributed by atoms with Gasteiger partial charge in [-0.2, -0.15) is 0 Å². The Hall–Kier alpha value is -1.95. The van der Waals surface area contributed by atoms with E-state index in [1.165, 1.54) is 6.07 Å². The number of carbonyl (C=O) groups excluding carboxylic acids is 1. The van der Waals surface area contributed by atoms with Gasteiger partial charge in [-0.15, -0.1) is 0 Å². The molecular weight excluding hydrogens is 282 g/mol. The topological polar surface area (TPSA) is 72.9 Å². The number of carboxylic acid groups (broad SMARTS) is 1. The van der Waals surface area contributed by atoms with Crippen molar-refractivity contribution in [2.75, 3.05) is 31.1 Å². The van der Waals surface area contributed by atoms with Gasteiger partial charge in [-0.1, -0.05) is 11.6 Å². The Morgan fingerprint density at radius 3 is 2.90 bits per heavy atom. The van der Waals surface area contributed by atoms with Gasteiger partial charge in [-0.05, 0) is 18.2 Å². The van der Waals surface area contributed by atoms with Crippen LogP contribution in [0.1, 0.15) is 10.4 Å². The monoisotopic (exact) mass is 295 g/mol. The number of carboxylic acids is 1. The van der Waals surface area contributed by atoms with E-state index in [2.05, 4.69) is 10.2 Å². The second-order valence-corrected chi connectivity index (χ2v) is 5.36. The molecule has 0 bridgehead atoms. The van der Waals surface area contributed by atoms with Gasteiger partial charge in [0.15, 0.2) is 0 Å². The van der Waals surface area contributed by atoms with Crippen LogP contribution < -0.4 is 10.2 Å². The number of hydrogen-bond acceptors (Lipinski definition) is 3. The van der Waals surface area contributed by atoms with Crippen LogP contribution in [0.3, 0.4) is 0 Å². The minimum absolute atomic E-state index is 0.0121. The van der Waals surface area contributed by atoms with Crippen molar-refractivity contribution in [1.29, 1.82) is 0 Å². The molecule has 2 aliphatic rings. The number of nitrogens with one attached hydrogen (secondary N) is 1. The number of piperazine rings is 1. The highest BCUT2D eigenvalue weighted by atomic mass is 35.5. The number of hydrogen-bond donors (Lipinski definition) is 2. The summed E-state index contributed by atoms with van der Waals surface area (Å²) in [6, 6.07) is 4.87. The molecule has 2 fully saturated rings. The van der Waals surface area contributed by atoms with E-state index in [-0.39, 0.29) is 17.6 Å². The smallest absolute Gasteiger partial charge is 0.335 e. The zero-order valence-corrected chi connectivity index (χ0v) is 11.4. The normalized spacial score (nSPS) is 21.6. The largest absolute Gasteiger partial charge is 0.478 e. The fourth-order valence-corrected chi connectivity index (χ4v) is 3.02. The van der Waals surface area contributed by atoms with Crippen LogP contribution in [0.2, 0.25) is 5.02 Å². The molecule has 0 aromatic heterocycles. The van der Waals surface area contributed by atoms with Gasteiger partial charge in [0.1, 0.15) is 0 Å². The number of amides is 2. The number of halogens is 1. The van der Waals surface area contributed by atoms with Crippen LogP contribution in [0.4, 0.5) is 10.5 Å². The average Bonchev–Trinajstić information content (AvgIpc) is 2.79. The molecule has 2 heterocycles. The first-order chi connectivity index (χ1) is 9.56. The van der Waals surface area contributed by atoms with Crippen LogP contribution in [-0.2, 0) is 0 Å². The summed E-state index contributed by atoms with van der Waals surface area (Å²) < 4.78 is 0. The highest BCUT2D eigenvalue weighted by molar-refractivity contribution is 6.33. The second kappa shape index (κ2) is 4.86. The van der Waals surface area contributed by atoms with Crippen LogP contribution in [0.25, 0.3) is 0 Å². The van der Waals surface area contributed by atoms with Gasteiger partial charge >= 0.3 is 12.0 Å². The van der Waals surface area contributed by atoms with Gasteiger partial charge in [-0.25, -0.2) is 9.59 Å². The van der Waals surface area contributed by atoms with Crippen molar-refractivity contribution in [3.05, 3.63) is 28.8 Å². The molecule has 7 heteroatoms. The highest BCUT2D eigenvalue weighted by Gasteiger charge is 2.35. The van der Waals surface area contributed by atoms with Gasteiger partial charge < -0.3 is 20.2 Å². The molecule has 2 aliphatic heterocycles. The third-order valence-electron chi connectivity index (χ3n) is 3.77. The first-order valence-electron chi connectivity index (χ1n) is 6.38. The van der Waals surface area contributed by atoms with Crippen molar-refractivity contribution in [3.63, 3.8) is 0 Å². The van der Waals surface area contributed by atoms with E-state index in [1.807, 2.05) is 4.90 Å². The Kier molecular flexibility index (Phi) is 3.17. The summed E-state index contributed by atoms with van der Waals surface area (Å²) in [5.74, 6) is -0.992. The molecule has 1 aromatic carbocycles. The van der Waals surface area contributed by atoms with Gasteiger partial charge in [0.25, 0.3) is 0 Å². The maximum Gasteiger partial charge on any atom is 0.335 e. The van der Waals surface area contributed by atoms with Crippen molar-refractivity contribution < 1.29 is 14.7 Å². The van der Waals surface area contributed by atoms with Crippen LogP contribution in [0.5, 0.6) is 0 Å². The predicted octanol–water partition coefficient (Wildman–Crippen LogP) is 1.25. The summed E-state index contributed by atoms with van der Waals surface area (Å²) >= 11 is 6.18. The maximum absolute atomic E-state index is 11.5. The summed E-state index contributed by atoms with van der Waals surface area (Å²) in [7, 11) is 0. The molecule has 1 atom stereocenters. The number of rotatable bonds is 2. The Morgan fingerprint density at radius 2 is 2.20 bits per heavy atom. The molecule has 0 radical (unpaired) electrons. The summed E-state index contributed by atoms with van der Waals surface area (Å²) in [5.41, 5.74) is 0.991. The van der Waals surface area contributed by atoms with Crippen molar-refractivity contribution in [2.24, 2.45) is 0 Å². The maximum atomic E-state index is 11.5. The number of fused-ring (bicyclic) bond motifs is 1. The lowest BCUT2D eigenvalue weighted by Crippen LogP contribution is -2.52. The Morgan fingerprint density at radius 1 is 1.40 bits per heavy atom. The molecule has 6 nitrogen and oxygen atoms in total. The first kappa shape index (κ1) is 13.1. The third kappa shape index (κ3) is 2.16. The Balaban J connectivity index is 1.80. The Bertz CT molecular complexity index is 578. The quantitative estimate of drug-likeness (QED) is 0.861. The molecule has 0 aliphatic carbocycles. The standard InChI is InChI=1S/C13H14ClN3O3/c14-10-5-8(12(18)19)1-2-11(10)16-3-4-17-9(7-16)6-15-13(17)20/h1-2,5,9H,3-4,6-7H2,(H,15,20)(H,18,19). The lowest BCUT2D eigenvalue weighted by atomic mass is 10.1. The molecule has 2 saturated heterocycles. The summed E-state index contributed by atoms with van der Waals surface area (Å²) in [6.07, 6.45) is 0. The average molecular weight is 296 g/mol. The fourth-order valence-electron chi connectivity index (χ4n) is 2.72. The van der Waals surface area contributed by atoms with Crippen LogP contribution in [-0.4, -0.2) is 54.2 Å². The number of carbonyl (C=O) groups is 2. The summed E-state index contributed by atoms with van der Waals surface area (Å²) in [6.45, 7) is 2.68. The molecule has 20 heavy (non-hydrogen) atoms. The molecule has 0 saturated carbocycles. The van der Waals surface area contributed by atoms with E-state index in [0.717, 1.165) is 5.69 Å². The number of nitrogens with zero attached hydrogens (tertiary/aromatic N) is 2. The van der Waals surface area contributed by atoms with Crippen LogP contribution >= 0.6 is 11.6 Å². The number of benzene rings is 1. The molecule has 0 spiro atoms. The first-order valence-corrected chi connectivity index (χ1v) is 6.76. The van der Waals surface area contributed by atoms with Gasteiger partial charge in [0, 0.05) is 26.2 Å². The molecule has 106 valence electrons. The molecule has 2 N–H and O–H groups in total. The highest BCUT2D eigenvalue weighted by Crippen LogP contribution is 2.29. The van der Waals surface area contributed by atoms with Crippen LogP contribution in [0, 0.1) is 0 Å². The van der Waals surface area contributed by atoms with E-state index in [1.54, 1.807) is 12.1 Å². The van der Waals surface area contributed by atoms with Crippen molar-refractivity contribution in [3.8, 4) is 0 Å². The van der Waals surface area contributed by atoms with Crippen molar-refractivity contribution in [2.45, 2.75) is 6.04 Å². The van der Waals surface area contributed by atoms with Crippen LogP contribution in [0.15, 0.2) is 18.2 Å². The molecule has 3 rings (SSSR count).